The molecule has 0 radical (unpaired) electrons. The van der Waals surface area contributed by atoms with Crippen molar-refractivity contribution in [3.05, 3.63) is 142 Å². The molecular weight excluding hydrogens is 362 g/mol. The Kier molecular flexibility index (Phi) is 5.08. The third kappa shape index (κ3) is 3.60. The zero-order valence-electron chi connectivity index (χ0n) is 15.6. The first-order chi connectivity index (χ1) is 14.2. The highest BCUT2D eigenvalue weighted by Gasteiger charge is 2.38. The summed E-state index contributed by atoms with van der Waals surface area (Å²) in [6.45, 7) is 0. The SMILES string of the molecule is O=[N+]([O-])c1ccc(OC(c2ccccc2)(c2ccccc2)c2ccccc2)cc1. The number of nitro groups is 1. The quantitative estimate of drug-likeness (QED) is 0.235. The lowest BCUT2D eigenvalue weighted by molar-refractivity contribution is -0.384. The van der Waals surface area contributed by atoms with Crippen molar-refractivity contribution >= 4 is 5.69 Å². The molecule has 0 amide bonds. The molecule has 0 bridgehead atoms. The van der Waals surface area contributed by atoms with Gasteiger partial charge in [0.05, 0.1) is 4.92 Å². The van der Waals surface area contributed by atoms with Crippen molar-refractivity contribution in [1.82, 2.24) is 0 Å². The Hall–Kier alpha value is -3.92. The van der Waals surface area contributed by atoms with Crippen LogP contribution in [0, 0.1) is 10.1 Å². The second kappa shape index (κ2) is 7.98. The Bertz CT molecular complexity index is 983. The highest BCUT2D eigenvalue weighted by atomic mass is 16.6. The number of ether oxygens (including phenoxy) is 1. The molecule has 0 aliphatic heterocycles. The largest absolute Gasteiger partial charge is 0.473 e. The van der Waals surface area contributed by atoms with Crippen LogP contribution in [0.2, 0.25) is 0 Å². The first kappa shape index (κ1) is 18.4. The monoisotopic (exact) mass is 381 g/mol. The van der Waals surface area contributed by atoms with Gasteiger partial charge in [-0.1, -0.05) is 91.0 Å². The van der Waals surface area contributed by atoms with Gasteiger partial charge in [-0.25, -0.2) is 0 Å². The van der Waals surface area contributed by atoms with E-state index in [0.29, 0.717) is 5.75 Å². The van der Waals surface area contributed by atoms with E-state index in [1.807, 2.05) is 91.0 Å². The van der Waals surface area contributed by atoms with Crippen LogP contribution in [0.5, 0.6) is 5.75 Å². The molecule has 0 spiro atoms. The van der Waals surface area contributed by atoms with E-state index in [0.717, 1.165) is 16.7 Å². The zero-order valence-corrected chi connectivity index (χ0v) is 15.6. The van der Waals surface area contributed by atoms with Crippen LogP contribution in [0.25, 0.3) is 0 Å². The van der Waals surface area contributed by atoms with Crippen molar-refractivity contribution in [3.63, 3.8) is 0 Å². The Labute approximate surface area is 169 Å². The van der Waals surface area contributed by atoms with Gasteiger partial charge in [-0.2, -0.15) is 0 Å². The Morgan fingerprint density at radius 2 is 0.966 bits per heavy atom. The molecule has 4 rings (SSSR count). The minimum atomic E-state index is -0.903. The van der Waals surface area contributed by atoms with Crippen molar-refractivity contribution in [2.45, 2.75) is 5.60 Å². The van der Waals surface area contributed by atoms with Gasteiger partial charge in [0.25, 0.3) is 5.69 Å². The normalized spacial score (nSPS) is 11.0. The van der Waals surface area contributed by atoms with E-state index in [4.69, 9.17) is 4.74 Å². The molecule has 4 heteroatoms. The van der Waals surface area contributed by atoms with E-state index in [9.17, 15) is 10.1 Å². The second-order valence-electron chi connectivity index (χ2n) is 6.63. The summed E-state index contributed by atoms with van der Waals surface area (Å²) in [5, 5.41) is 11.0. The minimum Gasteiger partial charge on any atom is -0.473 e. The van der Waals surface area contributed by atoms with Crippen LogP contribution < -0.4 is 4.74 Å². The standard InChI is InChI=1S/C25H19NO3/c27-26(28)23-16-18-24(19-17-23)29-25(20-10-4-1-5-11-20,21-12-6-2-7-13-21)22-14-8-3-9-15-22/h1-19H. The van der Waals surface area contributed by atoms with E-state index in [-0.39, 0.29) is 5.69 Å². The van der Waals surface area contributed by atoms with Crippen LogP contribution in [0.3, 0.4) is 0 Å². The lowest BCUT2D eigenvalue weighted by Crippen LogP contribution is -2.36. The third-order valence-electron chi connectivity index (χ3n) is 4.86. The van der Waals surface area contributed by atoms with Crippen molar-refractivity contribution in [3.8, 4) is 5.75 Å². The first-order valence-corrected chi connectivity index (χ1v) is 9.30. The van der Waals surface area contributed by atoms with Crippen LogP contribution in [0.4, 0.5) is 5.69 Å². The van der Waals surface area contributed by atoms with E-state index in [1.54, 1.807) is 12.1 Å². The van der Waals surface area contributed by atoms with Crippen molar-refractivity contribution in [1.29, 1.82) is 0 Å². The number of hydrogen-bond donors (Lipinski definition) is 0. The van der Waals surface area contributed by atoms with E-state index >= 15 is 0 Å². The van der Waals surface area contributed by atoms with Gasteiger partial charge in [0.2, 0.25) is 0 Å². The highest BCUT2D eigenvalue weighted by Crippen LogP contribution is 2.41. The van der Waals surface area contributed by atoms with Crippen molar-refractivity contribution in [2.75, 3.05) is 0 Å². The minimum absolute atomic E-state index is 0.0297. The summed E-state index contributed by atoms with van der Waals surface area (Å²) in [5.41, 5.74) is 2.03. The Morgan fingerprint density at radius 1 is 0.586 bits per heavy atom. The molecule has 0 saturated heterocycles. The maximum atomic E-state index is 11.0. The molecular formula is C25H19NO3. The molecule has 4 nitrogen and oxygen atoms in total. The summed E-state index contributed by atoms with van der Waals surface area (Å²) in [5.74, 6) is 0.548. The van der Waals surface area contributed by atoms with Gasteiger partial charge in [-0.15, -0.1) is 0 Å². The number of nitro benzene ring substituents is 1. The van der Waals surface area contributed by atoms with Crippen molar-refractivity contribution in [2.24, 2.45) is 0 Å². The van der Waals surface area contributed by atoms with E-state index < -0.39 is 10.5 Å². The maximum absolute atomic E-state index is 11.0. The number of hydrogen-bond acceptors (Lipinski definition) is 3. The topological polar surface area (TPSA) is 52.4 Å². The lowest BCUT2D eigenvalue weighted by atomic mass is 9.80. The number of nitrogens with zero attached hydrogens (tertiary/aromatic N) is 1. The van der Waals surface area contributed by atoms with E-state index in [1.165, 1.54) is 12.1 Å². The average molecular weight is 381 g/mol. The highest BCUT2D eigenvalue weighted by molar-refractivity contribution is 5.49. The molecule has 0 saturated carbocycles. The van der Waals surface area contributed by atoms with Gasteiger partial charge in [-0.05, 0) is 12.1 Å². The molecule has 0 N–H and O–H groups in total. The molecule has 0 aliphatic rings. The molecule has 0 fully saturated rings. The lowest BCUT2D eigenvalue weighted by Gasteiger charge is -2.36. The Balaban J connectivity index is 1.93. The first-order valence-electron chi connectivity index (χ1n) is 9.30. The van der Waals surface area contributed by atoms with Gasteiger partial charge in [0, 0.05) is 28.8 Å². The summed E-state index contributed by atoms with van der Waals surface area (Å²) >= 11 is 0. The van der Waals surface area contributed by atoms with Crippen LogP contribution in [0.15, 0.2) is 115 Å². The number of non-ortho nitro benzene ring substituents is 1. The molecule has 29 heavy (non-hydrogen) atoms. The number of benzene rings is 4. The number of rotatable bonds is 6. The maximum Gasteiger partial charge on any atom is 0.269 e. The summed E-state index contributed by atoms with van der Waals surface area (Å²) in [7, 11) is 0. The van der Waals surface area contributed by atoms with Gasteiger partial charge in [0.1, 0.15) is 5.75 Å². The van der Waals surface area contributed by atoms with Crippen molar-refractivity contribution < 1.29 is 9.66 Å². The predicted octanol–water partition coefficient (Wildman–Crippen LogP) is 5.97. The van der Waals surface area contributed by atoms with Crippen LogP contribution in [-0.4, -0.2) is 4.92 Å². The molecule has 0 heterocycles. The molecule has 4 aromatic rings. The molecule has 4 aromatic carbocycles. The molecule has 0 atom stereocenters. The third-order valence-corrected chi connectivity index (χ3v) is 4.86. The molecule has 0 unspecified atom stereocenters. The fourth-order valence-corrected chi connectivity index (χ4v) is 3.51. The van der Waals surface area contributed by atoms with Crippen LogP contribution >= 0.6 is 0 Å². The fourth-order valence-electron chi connectivity index (χ4n) is 3.51. The van der Waals surface area contributed by atoms with Crippen LogP contribution in [-0.2, 0) is 5.60 Å². The smallest absolute Gasteiger partial charge is 0.269 e. The van der Waals surface area contributed by atoms with Gasteiger partial charge < -0.3 is 4.74 Å². The summed E-state index contributed by atoms with van der Waals surface area (Å²) < 4.78 is 6.67. The summed E-state index contributed by atoms with van der Waals surface area (Å²) in [6.07, 6.45) is 0. The van der Waals surface area contributed by atoms with Gasteiger partial charge in [-0.3, -0.25) is 10.1 Å². The fraction of sp³-hybridized carbons (Fsp3) is 0.0400. The van der Waals surface area contributed by atoms with Crippen LogP contribution in [0.1, 0.15) is 16.7 Å². The van der Waals surface area contributed by atoms with Gasteiger partial charge in [0.15, 0.2) is 5.60 Å². The molecule has 0 aliphatic carbocycles. The zero-order chi connectivity index (χ0) is 20.1. The summed E-state index contributed by atoms with van der Waals surface area (Å²) in [4.78, 5) is 10.6. The summed E-state index contributed by atoms with van der Waals surface area (Å²) in [6, 6.07) is 36.2. The molecule has 0 aromatic heterocycles. The molecule has 142 valence electrons. The predicted molar refractivity (Wildman–Crippen MR) is 113 cm³/mol. The average Bonchev–Trinajstić information content (AvgIpc) is 2.79. The Morgan fingerprint density at radius 3 is 1.31 bits per heavy atom. The van der Waals surface area contributed by atoms with E-state index in [2.05, 4.69) is 0 Å². The second-order valence-corrected chi connectivity index (χ2v) is 6.63. The van der Waals surface area contributed by atoms with Gasteiger partial charge >= 0.3 is 0 Å².